The van der Waals surface area contributed by atoms with Crippen LogP contribution in [0.2, 0.25) is 0 Å². The molecule has 0 amide bonds. The minimum atomic E-state index is -0.324. The largest absolute Gasteiger partial charge is 0.504 e. The third-order valence-electron chi connectivity index (χ3n) is 6.54. The first-order chi connectivity index (χ1) is 17.7. The third kappa shape index (κ3) is 8.22. The number of phenolic OH excluding ortho intramolecular Hbond substituents is 1. The Morgan fingerprint density at radius 3 is 2.24 bits per heavy atom. The fourth-order valence-electron chi connectivity index (χ4n) is 3.91. The molecule has 1 unspecified atom stereocenters. The van der Waals surface area contributed by atoms with Crippen LogP contribution in [0, 0.1) is 33.6 Å². The van der Waals surface area contributed by atoms with E-state index in [1.54, 1.807) is 18.2 Å². The van der Waals surface area contributed by atoms with Crippen molar-refractivity contribution in [3.05, 3.63) is 93.5 Å². The van der Waals surface area contributed by atoms with Crippen molar-refractivity contribution in [3.63, 3.8) is 0 Å². The maximum atomic E-state index is 12.7. The van der Waals surface area contributed by atoms with Gasteiger partial charge in [0.05, 0.1) is 19.3 Å². The molecule has 3 aromatic carbocycles. The predicted octanol–water partition coefficient (Wildman–Crippen LogP) is 5.31. The SMILES string of the molecule is COc1cc(CNC(=S)NCC(COC(=O)c2ccc(C)c(C)c2)Cc2ccc(C)c(C)c2)ccc1O. The van der Waals surface area contributed by atoms with Crippen molar-refractivity contribution in [1.82, 2.24) is 10.6 Å². The normalized spacial score (nSPS) is 11.5. The molecule has 7 heteroatoms. The van der Waals surface area contributed by atoms with E-state index in [1.165, 1.54) is 23.8 Å². The molecule has 0 aromatic heterocycles. The number of rotatable bonds is 10. The van der Waals surface area contributed by atoms with Gasteiger partial charge < -0.3 is 25.2 Å². The van der Waals surface area contributed by atoms with Crippen molar-refractivity contribution < 1.29 is 19.4 Å². The monoisotopic (exact) mass is 520 g/mol. The molecule has 0 saturated carbocycles. The van der Waals surface area contributed by atoms with Gasteiger partial charge in [-0.15, -0.1) is 0 Å². The van der Waals surface area contributed by atoms with Crippen molar-refractivity contribution in [2.45, 2.75) is 40.7 Å². The van der Waals surface area contributed by atoms with Crippen LogP contribution < -0.4 is 15.4 Å². The summed E-state index contributed by atoms with van der Waals surface area (Å²) in [6.07, 6.45) is 0.742. The molecule has 0 spiro atoms. The van der Waals surface area contributed by atoms with E-state index in [4.69, 9.17) is 21.7 Å². The second-order valence-corrected chi connectivity index (χ2v) is 9.86. The highest BCUT2D eigenvalue weighted by atomic mass is 32.1. The van der Waals surface area contributed by atoms with Crippen molar-refractivity contribution in [2.75, 3.05) is 20.3 Å². The summed E-state index contributed by atoms with van der Waals surface area (Å²) in [5.74, 6) is 0.204. The van der Waals surface area contributed by atoms with Gasteiger partial charge in [-0.1, -0.05) is 30.3 Å². The van der Waals surface area contributed by atoms with E-state index in [9.17, 15) is 9.90 Å². The number of hydrogen-bond acceptors (Lipinski definition) is 5. The Balaban J connectivity index is 1.61. The lowest BCUT2D eigenvalue weighted by Gasteiger charge is -2.20. The number of nitrogens with one attached hydrogen (secondary N) is 2. The molecule has 3 rings (SSSR count). The maximum absolute atomic E-state index is 12.7. The highest BCUT2D eigenvalue weighted by Crippen LogP contribution is 2.26. The van der Waals surface area contributed by atoms with Gasteiger partial charge in [0.15, 0.2) is 16.6 Å². The van der Waals surface area contributed by atoms with Crippen LogP contribution in [0.15, 0.2) is 54.6 Å². The molecule has 0 bridgehead atoms. The van der Waals surface area contributed by atoms with Crippen molar-refractivity contribution >= 4 is 23.3 Å². The quantitative estimate of drug-likeness (QED) is 0.247. The summed E-state index contributed by atoms with van der Waals surface area (Å²) in [5.41, 5.74) is 7.35. The Morgan fingerprint density at radius 2 is 1.57 bits per heavy atom. The average Bonchev–Trinajstić information content (AvgIpc) is 2.88. The molecule has 0 heterocycles. The molecule has 0 aliphatic heterocycles. The zero-order valence-electron chi connectivity index (χ0n) is 22.2. The van der Waals surface area contributed by atoms with Crippen LogP contribution in [0.5, 0.6) is 11.5 Å². The van der Waals surface area contributed by atoms with E-state index in [-0.39, 0.29) is 24.2 Å². The predicted molar refractivity (Wildman–Crippen MR) is 151 cm³/mol. The zero-order valence-corrected chi connectivity index (χ0v) is 23.0. The van der Waals surface area contributed by atoms with Crippen molar-refractivity contribution in [3.8, 4) is 11.5 Å². The summed E-state index contributed by atoms with van der Waals surface area (Å²) < 4.78 is 10.9. The van der Waals surface area contributed by atoms with Crippen LogP contribution in [0.3, 0.4) is 0 Å². The van der Waals surface area contributed by atoms with E-state index in [0.717, 1.165) is 23.1 Å². The molecule has 0 aliphatic carbocycles. The summed E-state index contributed by atoms with van der Waals surface area (Å²) in [6, 6.07) is 17.2. The van der Waals surface area contributed by atoms with Gasteiger partial charge in [-0.05, 0) is 104 Å². The summed E-state index contributed by atoms with van der Waals surface area (Å²) in [7, 11) is 1.51. The topological polar surface area (TPSA) is 79.8 Å². The van der Waals surface area contributed by atoms with E-state index in [1.807, 2.05) is 32.0 Å². The fraction of sp³-hybridized carbons (Fsp3) is 0.333. The van der Waals surface area contributed by atoms with Gasteiger partial charge in [-0.25, -0.2) is 4.79 Å². The van der Waals surface area contributed by atoms with Gasteiger partial charge in [0.25, 0.3) is 0 Å². The van der Waals surface area contributed by atoms with Crippen LogP contribution in [-0.4, -0.2) is 36.4 Å². The molecule has 0 saturated heterocycles. The maximum Gasteiger partial charge on any atom is 0.338 e. The number of benzene rings is 3. The van der Waals surface area contributed by atoms with Gasteiger partial charge in [-0.3, -0.25) is 0 Å². The Labute approximate surface area is 225 Å². The van der Waals surface area contributed by atoms with Crippen molar-refractivity contribution in [1.29, 1.82) is 0 Å². The van der Waals surface area contributed by atoms with Crippen LogP contribution in [0.25, 0.3) is 0 Å². The fourth-order valence-corrected chi connectivity index (χ4v) is 4.07. The summed E-state index contributed by atoms with van der Waals surface area (Å²) in [6.45, 7) is 9.49. The van der Waals surface area contributed by atoms with Gasteiger partial charge in [0.2, 0.25) is 0 Å². The minimum Gasteiger partial charge on any atom is -0.504 e. The average molecular weight is 521 g/mol. The molecule has 3 aromatic rings. The molecular weight excluding hydrogens is 484 g/mol. The number of methoxy groups -OCH3 is 1. The standard InChI is InChI=1S/C30H36N2O4S/c1-19-6-8-23(12-21(19)3)14-25(18-36-29(34)26-10-7-20(2)22(4)13-26)17-32-30(37)31-16-24-9-11-27(33)28(15-24)35-5/h6-13,15,25,33H,14,16-18H2,1-5H3,(H2,31,32,37). The van der Waals surface area contributed by atoms with E-state index in [2.05, 4.69) is 42.7 Å². The van der Waals surface area contributed by atoms with Crippen LogP contribution in [-0.2, 0) is 17.7 Å². The summed E-state index contributed by atoms with van der Waals surface area (Å²) >= 11 is 5.49. The molecule has 6 nitrogen and oxygen atoms in total. The van der Waals surface area contributed by atoms with Gasteiger partial charge >= 0.3 is 5.97 Å². The highest BCUT2D eigenvalue weighted by molar-refractivity contribution is 7.80. The van der Waals surface area contributed by atoms with Crippen LogP contribution >= 0.6 is 12.2 Å². The number of aromatic hydroxyl groups is 1. The molecule has 1 atom stereocenters. The first kappa shape index (κ1) is 28.0. The smallest absolute Gasteiger partial charge is 0.338 e. The number of carbonyl (C=O) groups excluding carboxylic acids is 1. The lowest BCUT2D eigenvalue weighted by molar-refractivity contribution is 0.0441. The number of ether oxygens (including phenoxy) is 2. The van der Waals surface area contributed by atoms with Gasteiger partial charge in [-0.2, -0.15) is 0 Å². The molecule has 196 valence electrons. The number of phenols is 1. The number of thiocarbonyl (C=S) groups is 1. The first-order valence-electron chi connectivity index (χ1n) is 12.3. The lowest BCUT2D eigenvalue weighted by atomic mass is 9.97. The minimum absolute atomic E-state index is 0.0196. The molecule has 0 fully saturated rings. The van der Waals surface area contributed by atoms with Gasteiger partial charge in [0.1, 0.15) is 0 Å². The lowest BCUT2D eigenvalue weighted by Crippen LogP contribution is -2.39. The summed E-state index contributed by atoms with van der Waals surface area (Å²) in [4.78, 5) is 12.7. The Hall–Kier alpha value is -3.58. The van der Waals surface area contributed by atoms with Crippen molar-refractivity contribution in [2.24, 2.45) is 5.92 Å². The highest BCUT2D eigenvalue weighted by Gasteiger charge is 2.16. The Kier molecular flexibility index (Phi) is 9.92. The number of carbonyl (C=O) groups is 1. The number of hydrogen-bond donors (Lipinski definition) is 3. The molecular formula is C30H36N2O4S. The molecule has 37 heavy (non-hydrogen) atoms. The van der Waals surface area contributed by atoms with Crippen LogP contribution in [0.4, 0.5) is 0 Å². The molecule has 3 N–H and O–H groups in total. The Bertz CT molecular complexity index is 1260. The molecule has 0 aliphatic rings. The van der Waals surface area contributed by atoms with E-state index < -0.39 is 0 Å². The zero-order chi connectivity index (χ0) is 26.9. The summed E-state index contributed by atoms with van der Waals surface area (Å²) in [5, 5.41) is 16.7. The Morgan fingerprint density at radius 1 is 0.892 bits per heavy atom. The molecule has 0 radical (unpaired) electrons. The van der Waals surface area contributed by atoms with Gasteiger partial charge in [0, 0.05) is 19.0 Å². The second-order valence-electron chi connectivity index (χ2n) is 9.46. The first-order valence-corrected chi connectivity index (χ1v) is 12.7. The van der Waals surface area contributed by atoms with E-state index in [0.29, 0.717) is 29.5 Å². The number of aryl methyl sites for hydroxylation is 4. The third-order valence-corrected chi connectivity index (χ3v) is 6.83. The van der Waals surface area contributed by atoms with Crippen LogP contribution in [0.1, 0.15) is 43.7 Å². The second kappa shape index (κ2) is 13.1. The number of esters is 1. The van der Waals surface area contributed by atoms with E-state index >= 15 is 0 Å².